The number of carbonyl (C=O) groups is 1. The first kappa shape index (κ1) is 13.6. The topological polar surface area (TPSA) is 97.5 Å². The Morgan fingerprint density at radius 1 is 1.37 bits per heavy atom. The number of aromatic carboxylic acids is 1. The van der Waals surface area contributed by atoms with Crippen molar-refractivity contribution in [2.45, 2.75) is 10.6 Å². The van der Waals surface area contributed by atoms with Crippen LogP contribution in [0, 0.1) is 0 Å². The lowest BCUT2D eigenvalue weighted by molar-refractivity contribution is 0.0697. The number of carboxylic acids is 1. The fourth-order valence-corrected chi connectivity index (χ4v) is 2.91. The number of benzene rings is 1. The molecule has 1 aromatic carbocycles. The number of hydrogen-bond acceptors (Lipinski definition) is 5. The van der Waals surface area contributed by atoms with E-state index in [1.807, 2.05) is 0 Å². The van der Waals surface area contributed by atoms with Crippen molar-refractivity contribution < 1.29 is 22.8 Å². The van der Waals surface area contributed by atoms with Crippen molar-refractivity contribution in [2.75, 3.05) is 0 Å². The zero-order chi connectivity index (χ0) is 14.0. The number of halogens is 1. The van der Waals surface area contributed by atoms with Gasteiger partial charge in [0.1, 0.15) is 5.75 Å². The number of rotatable bonds is 4. The van der Waals surface area contributed by atoms with E-state index in [1.54, 1.807) is 0 Å². The average molecular weight is 302 g/mol. The van der Waals surface area contributed by atoms with Gasteiger partial charge in [0.15, 0.2) is 15.6 Å². The number of aromatic nitrogens is 1. The Balaban J connectivity index is 2.41. The normalized spacial score (nSPS) is 11.4. The molecule has 8 heteroatoms. The maximum atomic E-state index is 12.1. The Kier molecular flexibility index (Phi) is 3.59. The van der Waals surface area contributed by atoms with E-state index < -0.39 is 21.6 Å². The summed E-state index contributed by atoms with van der Waals surface area (Å²) in [4.78, 5) is 10.8. The maximum absolute atomic E-state index is 12.1. The van der Waals surface area contributed by atoms with Crippen molar-refractivity contribution >= 4 is 27.4 Å². The Morgan fingerprint density at radius 2 is 2.11 bits per heavy atom. The molecule has 2 aromatic rings. The van der Waals surface area contributed by atoms with Crippen molar-refractivity contribution in [3.8, 4) is 0 Å². The van der Waals surface area contributed by atoms with Gasteiger partial charge in [-0.2, -0.15) is 0 Å². The quantitative estimate of drug-likeness (QED) is 0.927. The first-order chi connectivity index (χ1) is 8.90. The van der Waals surface area contributed by atoms with Gasteiger partial charge < -0.3 is 9.63 Å². The van der Waals surface area contributed by atoms with Gasteiger partial charge in [-0.05, 0) is 18.2 Å². The number of carboxylic acid groups (broad SMARTS) is 1. The molecule has 0 aliphatic heterocycles. The van der Waals surface area contributed by atoms with Crippen LogP contribution >= 0.6 is 11.6 Å². The predicted octanol–water partition coefficient (Wildman–Crippen LogP) is 2.00. The molecule has 1 aromatic heterocycles. The van der Waals surface area contributed by atoms with Crippen LogP contribution in [0.1, 0.15) is 16.1 Å². The third kappa shape index (κ3) is 2.94. The van der Waals surface area contributed by atoms with Crippen LogP contribution in [0.25, 0.3) is 0 Å². The van der Waals surface area contributed by atoms with E-state index in [1.165, 1.54) is 24.4 Å². The zero-order valence-electron chi connectivity index (χ0n) is 9.41. The minimum atomic E-state index is -3.71. The zero-order valence-corrected chi connectivity index (χ0v) is 11.0. The molecule has 1 N–H and O–H groups in total. The third-order valence-corrected chi connectivity index (χ3v) is 4.32. The van der Waals surface area contributed by atoms with Gasteiger partial charge >= 0.3 is 5.97 Å². The SMILES string of the molecule is O=C(O)c1cc(S(=O)(=O)Cc2ccno2)ccc1Cl. The minimum absolute atomic E-state index is 0.0221. The molecular weight excluding hydrogens is 294 g/mol. The Morgan fingerprint density at radius 3 is 2.68 bits per heavy atom. The summed E-state index contributed by atoms with van der Waals surface area (Å²) in [7, 11) is -3.71. The fourth-order valence-electron chi connectivity index (χ4n) is 1.45. The highest BCUT2D eigenvalue weighted by atomic mass is 35.5. The van der Waals surface area contributed by atoms with E-state index in [-0.39, 0.29) is 21.2 Å². The molecule has 0 saturated carbocycles. The molecule has 0 bridgehead atoms. The second kappa shape index (κ2) is 5.02. The second-order valence-electron chi connectivity index (χ2n) is 3.68. The van der Waals surface area contributed by atoms with Gasteiger partial charge in [-0.15, -0.1) is 0 Å². The molecule has 0 unspecified atom stereocenters. The Labute approximate surface area is 113 Å². The van der Waals surface area contributed by atoms with Crippen LogP contribution in [-0.4, -0.2) is 24.7 Å². The van der Waals surface area contributed by atoms with Gasteiger partial charge in [0.25, 0.3) is 0 Å². The van der Waals surface area contributed by atoms with E-state index in [0.29, 0.717) is 0 Å². The van der Waals surface area contributed by atoms with Crippen LogP contribution in [0.2, 0.25) is 5.02 Å². The summed E-state index contributed by atoms with van der Waals surface area (Å²) in [6, 6.07) is 4.93. The smallest absolute Gasteiger partial charge is 0.337 e. The largest absolute Gasteiger partial charge is 0.478 e. The molecule has 0 atom stereocenters. The Bertz CT molecular complexity index is 709. The van der Waals surface area contributed by atoms with Crippen molar-refractivity contribution in [1.29, 1.82) is 0 Å². The summed E-state index contributed by atoms with van der Waals surface area (Å²) in [5.41, 5.74) is -0.264. The van der Waals surface area contributed by atoms with E-state index in [9.17, 15) is 13.2 Å². The predicted molar refractivity (Wildman–Crippen MR) is 65.8 cm³/mol. The molecule has 100 valence electrons. The number of sulfone groups is 1. The molecule has 0 saturated heterocycles. The van der Waals surface area contributed by atoms with Crippen LogP contribution in [0.4, 0.5) is 0 Å². The van der Waals surface area contributed by atoms with Gasteiger partial charge in [0, 0.05) is 6.07 Å². The van der Waals surface area contributed by atoms with E-state index in [4.69, 9.17) is 21.2 Å². The fraction of sp³-hybridized carbons (Fsp3) is 0.0909. The van der Waals surface area contributed by atoms with E-state index in [0.717, 1.165) is 6.07 Å². The number of hydrogen-bond donors (Lipinski definition) is 1. The van der Waals surface area contributed by atoms with Crippen LogP contribution in [0.15, 0.2) is 39.9 Å². The summed E-state index contributed by atoms with van der Waals surface area (Å²) in [5, 5.41) is 12.3. The van der Waals surface area contributed by atoms with Crippen LogP contribution < -0.4 is 0 Å². The van der Waals surface area contributed by atoms with Crippen LogP contribution in [0.5, 0.6) is 0 Å². The van der Waals surface area contributed by atoms with Gasteiger partial charge in [-0.25, -0.2) is 13.2 Å². The molecule has 6 nitrogen and oxygen atoms in total. The van der Waals surface area contributed by atoms with Crippen molar-refractivity contribution in [2.24, 2.45) is 0 Å². The molecular formula is C11H8ClNO5S. The molecule has 0 aliphatic rings. The lowest BCUT2D eigenvalue weighted by atomic mass is 10.2. The van der Waals surface area contributed by atoms with Gasteiger partial charge in [0.2, 0.25) is 0 Å². The average Bonchev–Trinajstić information content (AvgIpc) is 2.80. The summed E-state index contributed by atoms with van der Waals surface area (Å²) in [6.45, 7) is 0. The molecule has 2 rings (SSSR count). The summed E-state index contributed by atoms with van der Waals surface area (Å²) in [5.74, 6) is -1.51. The minimum Gasteiger partial charge on any atom is -0.478 e. The molecule has 0 fully saturated rings. The van der Waals surface area contributed by atoms with Crippen LogP contribution in [-0.2, 0) is 15.6 Å². The highest BCUT2D eigenvalue weighted by molar-refractivity contribution is 7.90. The molecule has 0 aliphatic carbocycles. The summed E-state index contributed by atoms with van der Waals surface area (Å²) >= 11 is 5.68. The lowest BCUT2D eigenvalue weighted by Crippen LogP contribution is -2.07. The summed E-state index contributed by atoms with van der Waals surface area (Å²) in [6.07, 6.45) is 1.33. The highest BCUT2D eigenvalue weighted by Crippen LogP contribution is 2.23. The van der Waals surface area contributed by atoms with E-state index >= 15 is 0 Å². The van der Waals surface area contributed by atoms with Gasteiger partial charge in [0.05, 0.1) is 21.7 Å². The van der Waals surface area contributed by atoms with Gasteiger partial charge in [-0.3, -0.25) is 0 Å². The first-order valence-corrected chi connectivity index (χ1v) is 7.08. The Hall–Kier alpha value is -1.86. The lowest BCUT2D eigenvalue weighted by Gasteiger charge is -2.05. The molecule has 0 spiro atoms. The second-order valence-corrected chi connectivity index (χ2v) is 6.08. The first-order valence-electron chi connectivity index (χ1n) is 5.05. The van der Waals surface area contributed by atoms with Crippen molar-refractivity contribution in [3.05, 3.63) is 46.8 Å². The van der Waals surface area contributed by atoms with E-state index in [2.05, 4.69) is 5.16 Å². The standard InChI is InChI=1S/C11H8ClNO5S/c12-10-2-1-8(5-9(10)11(14)15)19(16,17)6-7-3-4-13-18-7/h1-5H,6H2,(H,14,15). The van der Waals surface area contributed by atoms with Crippen molar-refractivity contribution in [1.82, 2.24) is 5.16 Å². The molecule has 0 radical (unpaired) electrons. The molecule has 19 heavy (non-hydrogen) atoms. The van der Waals surface area contributed by atoms with Gasteiger partial charge in [-0.1, -0.05) is 16.8 Å². The number of nitrogens with zero attached hydrogens (tertiary/aromatic N) is 1. The third-order valence-electron chi connectivity index (χ3n) is 2.35. The van der Waals surface area contributed by atoms with Crippen LogP contribution in [0.3, 0.4) is 0 Å². The highest BCUT2D eigenvalue weighted by Gasteiger charge is 2.20. The summed E-state index contributed by atoms with van der Waals surface area (Å²) < 4.78 is 28.8. The van der Waals surface area contributed by atoms with Crippen molar-refractivity contribution in [3.63, 3.8) is 0 Å². The molecule has 1 heterocycles. The molecule has 0 amide bonds. The maximum Gasteiger partial charge on any atom is 0.337 e. The monoisotopic (exact) mass is 301 g/mol.